The Kier molecular flexibility index (Phi) is 6.64. The molecule has 0 aromatic carbocycles. The summed E-state index contributed by atoms with van der Waals surface area (Å²) in [4.78, 5) is 11.6. The Morgan fingerprint density at radius 2 is 2.04 bits per heavy atom. The Morgan fingerprint density at radius 3 is 2.69 bits per heavy atom. The van der Waals surface area contributed by atoms with Gasteiger partial charge in [0.1, 0.15) is 15.9 Å². The van der Waals surface area contributed by atoms with Gasteiger partial charge in [0, 0.05) is 18.9 Å². The molecule has 138 valence electrons. The molecule has 0 fully saturated rings. The van der Waals surface area contributed by atoms with Crippen LogP contribution in [0.25, 0.3) is 11.3 Å². The third-order valence-corrected chi connectivity index (χ3v) is 6.76. The molecule has 3 rings (SSSR count). The number of pyridine rings is 2. The summed E-state index contributed by atoms with van der Waals surface area (Å²) in [5, 5.41) is 3.47. The molecule has 0 saturated carbocycles. The number of halogens is 3. The van der Waals surface area contributed by atoms with Crippen LogP contribution >= 0.6 is 35.3 Å². The second kappa shape index (κ2) is 8.36. The second-order valence-corrected chi connectivity index (χ2v) is 8.55. The topological polar surface area (TPSA) is 84.8 Å². The van der Waals surface area contributed by atoms with E-state index in [1.807, 2.05) is 0 Å². The molecule has 0 saturated heterocycles. The number of thiazole rings is 1. The lowest BCUT2D eigenvalue weighted by atomic mass is 10.2. The molecule has 0 spiro atoms. The lowest BCUT2D eigenvalue weighted by Crippen LogP contribution is -2.04. The van der Waals surface area contributed by atoms with Crippen LogP contribution in [0.2, 0.25) is 5.15 Å². The lowest BCUT2D eigenvalue weighted by Gasteiger charge is -2.05. The quantitative estimate of drug-likeness (QED) is 0.619. The molecule has 0 atom stereocenters. The van der Waals surface area contributed by atoms with Crippen LogP contribution in [0.3, 0.4) is 0 Å². The fourth-order valence-corrected chi connectivity index (χ4v) is 5.35. The Morgan fingerprint density at radius 1 is 1.27 bits per heavy atom. The average molecular weight is 435 g/mol. The minimum atomic E-state index is -3.95. The molecule has 26 heavy (non-hydrogen) atoms. The predicted octanol–water partition coefficient (Wildman–Crippen LogP) is 3.37. The van der Waals surface area contributed by atoms with Gasteiger partial charge in [-0.15, -0.1) is 23.7 Å². The maximum Gasteiger partial charge on any atom is 0.222 e. The zero-order valence-electron chi connectivity index (χ0n) is 13.3. The van der Waals surface area contributed by atoms with Crippen molar-refractivity contribution in [3.63, 3.8) is 0 Å². The molecule has 0 unspecified atom stereocenters. The highest BCUT2D eigenvalue weighted by atomic mass is 35.5. The van der Waals surface area contributed by atoms with Gasteiger partial charge < -0.3 is 5.32 Å². The molecule has 3 aromatic rings. The molecule has 0 bridgehead atoms. The molecule has 6 nitrogen and oxygen atoms in total. The van der Waals surface area contributed by atoms with Crippen LogP contribution in [0.4, 0.5) is 4.39 Å². The summed E-state index contributed by atoms with van der Waals surface area (Å²) in [6.07, 6.45) is 2.59. The van der Waals surface area contributed by atoms with Crippen molar-refractivity contribution in [2.45, 2.75) is 15.6 Å². The van der Waals surface area contributed by atoms with Gasteiger partial charge in [-0.25, -0.2) is 23.4 Å². The number of nitrogens with one attached hydrogen (secondary N) is 1. The molecule has 1 N–H and O–H groups in total. The van der Waals surface area contributed by atoms with Crippen LogP contribution in [0, 0.1) is 5.95 Å². The fourth-order valence-electron chi connectivity index (χ4n) is 2.15. The number of hydrogen-bond acceptors (Lipinski definition) is 7. The van der Waals surface area contributed by atoms with E-state index < -0.39 is 15.8 Å². The summed E-state index contributed by atoms with van der Waals surface area (Å²) < 4.78 is 40.1. The largest absolute Gasteiger partial charge is 0.314 e. The van der Waals surface area contributed by atoms with Crippen LogP contribution in [0.15, 0.2) is 45.8 Å². The van der Waals surface area contributed by atoms with Crippen LogP contribution in [0.5, 0.6) is 0 Å². The van der Waals surface area contributed by atoms with Crippen LogP contribution in [-0.4, -0.2) is 30.4 Å². The SMILES string of the molecule is CNCc1nc(-c2cccnc2F)c(S(=O)(=O)c2ccnc(Cl)c2)s1.Cl. The second-order valence-electron chi connectivity index (χ2n) is 4.93. The third kappa shape index (κ3) is 4.02. The molecule has 0 radical (unpaired) electrons. The Bertz CT molecular complexity index is 1030. The molecule has 0 amide bonds. The van der Waals surface area contributed by atoms with Crippen LogP contribution in [-0.2, 0) is 16.4 Å². The smallest absolute Gasteiger partial charge is 0.222 e. The van der Waals surface area contributed by atoms with Crippen molar-refractivity contribution in [3.05, 3.63) is 52.8 Å². The molecule has 0 aliphatic rings. The number of rotatable bonds is 5. The van der Waals surface area contributed by atoms with Gasteiger partial charge in [-0.1, -0.05) is 11.6 Å². The summed E-state index contributed by atoms with van der Waals surface area (Å²) in [5.41, 5.74) is 0.0635. The molecular weight excluding hydrogens is 422 g/mol. The van der Waals surface area contributed by atoms with Gasteiger partial charge in [0.05, 0.1) is 10.5 Å². The Balaban J connectivity index is 0.00000243. The monoisotopic (exact) mass is 434 g/mol. The Hall–Kier alpha value is -1.65. The van der Waals surface area contributed by atoms with Gasteiger partial charge >= 0.3 is 0 Å². The van der Waals surface area contributed by atoms with Crippen molar-refractivity contribution < 1.29 is 12.8 Å². The first-order valence-corrected chi connectivity index (χ1v) is 9.73. The van der Waals surface area contributed by atoms with E-state index in [2.05, 4.69) is 20.3 Å². The van der Waals surface area contributed by atoms with Crippen molar-refractivity contribution >= 4 is 45.2 Å². The summed E-state index contributed by atoms with van der Waals surface area (Å²) in [7, 11) is -2.23. The lowest BCUT2D eigenvalue weighted by molar-refractivity contribution is 0.586. The fraction of sp³-hybridized carbons (Fsp3) is 0.133. The minimum absolute atomic E-state index is 0. The van der Waals surface area contributed by atoms with Crippen molar-refractivity contribution in [2.24, 2.45) is 0 Å². The summed E-state index contributed by atoms with van der Waals surface area (Å²) >= 11 is 6.78. The van der Waals surface area contributed by atoms with Crippen molar-refractivity contribution in [1.82, 2.24) is 20.3 Å². The molecule has 3 heterocycles. The van der Waals surface area contributed by atoms with Gasteiger partial charge in [-0.3, -0.25) is 0 Å². The maximum atomic E-state index is 14.1. The highest BCUT2D eigenvalue weighted by Crippen LogP contribution is 2.36. The normalized spacial score (nSPS) is 11.2. The zero-order valence-corrected chi connectivity index (χ0v) is 16.5. The van der Waals surface area contributed by atoms with Crippen LogP contribution in [0.1, 0.15) is 5.01 Å². The maximum absolute atomic E-state index is 14.1. The first kappa shape index (κ1) is 20.7. The van der Waals surface area contributed by atoms with E-state index in [0.717, 1.165) is 11.3 Å². The average Bonchev–Trinajstić information content (AvgIpc) is 3.00. The van der Waals surface area contributed by atoms with Gasteiger partial charge in [0.25, 0.3) is 0 Å². The number of hydrogen-bond donors (Lipinski definition) is 1. The Labute approximate surface area is 164 Å². The number of aromatic nitrogens is 3. The van der Waals surface area contributed by atoms with Gasteiger partial charge in [-0.05, 0) is 31.3 Å². The third-order valence-electron chi connectivity index (χ3n) is 3.23. The van der Waals surface area contributed by atoms with Crippen molar-refractivity contribution in [3.8, 4) is 11.3 Å². The van der Waals surface area contributed by atoms with Crippen molar-refractivity contribution in [2.75, 3.05) is 7.05 Å². The summed E-state index contributed by atoms with van der Waals surface area (Å²) in [6.45, 7) is 0.353. The van der Waals surface area contributed by atoms with E-state index >= 15 is 0 Å². The molecule has 0 aliphatic heterocycles. The highest BCUT2D eigenvalue weighted by Gasteiger charge is 2.28. The summed E-state index contributed by atoms with van der Waals surface area (Å²) in [6, 6.07) is 5.55. The van der Waals surface area contributed by atoms with E-state index in [4.69, 9.17) is 11.6 Å². The van der Waals surface area contributed by atoms with E-state index in [9.17, 15) is 12.8 Å². The van der Waals surface area contributed by atoms with Gasteiger partial charge in [0.15, 0.2) is 4.21 Å². The van der Waals surface area contributed by atoms with Gasteiger partial charge in [-0.2, -0.15) is 4.39 Å². The predicted molar refractivity (Wildman–Crippen MR) is 100 cm³/mol. The minimum Gasteiger partial charge on any atom is -0.314 e. The highest BCUT2D eigenvalue weighted by molar-refractivity contribution is 7.93. The number of sulfone groups is 1. The molecular formula is C15H13Cl2FN4O2S2. The summed E-state index contributed by atoms with van der Waals surface area (Å²) in [5.74, 6) is -0.784. The molecule has 3 aromatic heterocycles. The van der Waals surface area contributed by atoms with Gasteiger partial charge in [0.2, 0.25) is 15.8 Å². The van der Waals surface area contributed by atoms with Crippen molar-refractivity contribution in [1.29, 1.82) is 0 Å². The van der Waals surface area contributed by atoms with E-state index in [1.54, 1.807) is 7.05 Å². The first-order valence-electron chi connectivity index (χ1n) is 7.05. The van der Waals surface area contributed by atoms with E-state index in [0.29, 0.717) is 11.6 Å². The zero-order chi connectivity index (χ0) is 18.0. The molecule has 0 aliphatic carbocycles. The van der Waals surface area contributed by atoms with E-state index in [-0.39, 0.29) is 37.9 Å². The van der Waals surface area contributed by atoms with E-state index in [1.165, 1.54) is 36.7 Å². The van der Waals surface area contributed by atoms with Crippen LogP contribution < -0.4 is 5.32 Å². The standard InChI is InChI=1S/C15H12ClFN4O2S2.ClH/c1-18-8-12-21-13(10-3-2-5-20-14(10)17)15(24-12)25(22,23)9-4-6-19-11(16)7-9;/h2-7,18H,8H2,1H3;1H. The first-order chi connectivity index (χ1) is 11.9. The molecule has 11 heteroatoms. The number of nitrogens with zero attached hydrogens (tertiary/aromatic N) is 3.